The zero-order chi connectivity index (χ0) is 21.0. The van der Waals surface area contributed by atoms with Gasteiger partial charge in [-0.15, -0.1) is 11.3 Å². The maximum atomic E-state index is 12.6. The predicted molar refractivity (Wildman–Crippen MR) is 114 cm³/mol. The van der Waals surface area contributed by atoms with Crippen molar-refractivity contribution in [3.05, 3.63) is 75.7 Å². The number of nitriles is 1. The van der Waals surface area contributed by atoms with E-state index in [0.29, 0.717) is 22.5 Å². The van der Waals surface area contributed by atoms with E-state index in [-0.39, 0.29) is 11.8 Å². The van der Waals surface area contributed by atoms with Gasteiger partial charge in [-0.05, 0) is 56.7 Å². The van der Waals surface area contributed by atoms with Crippen LogP contribution >= 0.6 is 11.3 Å². The summed E-state index contributed by atoms with van der Waals surface area (Å²) in [6.07, 6.45) is 3.19. The second-order valence-corrected chi connectivity index (χ2v) is 8.03. The minimum Gasteiger partial charge on any atom is -0.322 e. The fourth-order valence-corrected chi connectivity index (χ4v) is 3.59. The molecule has 2 N–H and O–H groups in total. The molecule has 0 saturated carbocycles. The predicted octanol–water partition coefficient (Wildman–Crippen LogP) is 4.76. The van der Waals surface area contributed by atoms with E-state index >= 15 is 0 Å². The lowest BCUT2D eigenvalue weighted by atomic mass is 9.93. The highest BCUT2D eigenvalue weighted by atomic mass is 32.1. The molecule has 0 aliphatic rings. The number of rotatable bonds is 5. The Labute approximate surface area is 173 Å². The first-order valence-electron chi connectivity index (χ1n) is 8.94. The highest BCUT2D eigenvalue weighted by Crippen LogP contribution is 2.29. The Hall–Kier alpha value is -3.50. The van der Waals surface area contributed by atoms with Crippen molar-refractivity contribution in [2.45, 2.75) is 26.2 Å². The molecule has 3 aromatic rings. The Kier molecular flexibility index (Phi) is 5.76. The second kappa shape index (κ2) is 8.25. The summed E-state index contributed by atoms with van der Waals surface area (Å²) in [6.45, 7) is 5.46. The van der Waals surface area contributed by atoms with Crippen LogP contribution < -0.4 is 10.6 Å². The van der Waals surface area contributed by atoms with Crippen LogP contribution in [0.2, 0.25) is 0 Å². The van der Waals surface area contributed by atoms with Gasteiger partial charge in [0.15, 0.2) is 0 Å². The van der Waals surface area contributed by atoms with Crippen LogP contribution in [-0.4, -0.2) is 16.8 Å². The lowest BCUT2D eigenvalue weighted by Gasteiger charge is -2.12. The van der Waals surface area contributed by atoms with Crippen molar-refractivity contribution in [3.8, 4) is 6.07 Å². The summed E-state index contributed by atoms with van der Waals surface area (Å²) in [4.78, 5) is 30.0. The number of nitrogens with one attached hydrogen (secondary N) is 2. The number of thiophene rings is 1. The maximum Gasteiger partial charge on any atom is 0.256 e. The second-order valence-electron chi connectivity index (χ2n) is 7.12. The normalized spacial score (nSPS) is 10.8. The number of carbonyl (C=O) groups excluding carboxylic acids is 2. The fraction of sp³-hybridized carbons (Fsp3) is 0.182. The standard InChI is InChI=1S/C22H20N4O2S/c1-14-6-7-16(10-18(14)21(28)26-17-5-4-8-24-11-17)25-20(27)15-9-19(29-12-15)22(2,3)13-23/h4-12H,1-3H3,(H,25,27)(H,26,28). The van der Waals surface area contributed by atoms with Crippen LogP contribution in [-0.2, 0) is 5.41 Å². The zero-order valence-corrected chi connectivity index (χ0v) is 17.1. The van der Waals surface area contributed by atoms with E-state index in [1.54, 1.807) is 54.2 Å². The summed E-state index contributed by atoms with van der Waals surface area (Å²) in [5, 5.41) is 16.6. The molecule has 0 aliphatic carbocycles. The zero-order valence-electron chi connectivity index (χ0n) is 16.3. The van der Waals surface area contributed by atoms with Gasteiger partial charge in [-0.25, -0.2) is 0 Å². The number of anilines is 2. The summed E-state index contributed by atoms with van der Waals surface area (Å²) in [5.41, 5.74) is 2.20. The first-order chi connectivity index (χ1) is 13.8. The largest absolute Gasteiger partial charge is 0.322 e. The minimum atomic E-state index is -0.648. The SMILES string of the molecule is Cc1ccc(NC(=O)c2csc(C(C)(C)C#N)c2)cc1C(=O)Nc1cccnc1. The summed E-state index contributed by atoms with van der Waals surface area (Å²) in [6, 6.07) is 12.6. The topological polar surface area (TPSA) is 94.9 Å². The van der Waals surface area contributed by atoms with E-state index in [9.17, 15) is 14.9 Å². The van der Waals surface area contributed by atoms with Gasteiger partial charge in [0.2, 0.25) is 0 Å². The van der Waals surface area contributed by atoms with Crippen LogP contribution in [0.5, 0.6) is 0 Å². The van der Waals surface area contributed by atoms with Gasteiger partial charge in [0.05, 0.1) is 28.9 Å². The molecule has 146 valence electrons. The Bertz CT molecular complexity index is 1100. The van der Waals surface area contributed by atoms with E-state index in [2.05, 4.69) is 21.7 Å². The third-order valence-corrected chi connectivity index (χ3v) is 5.67. The van der Waals surface area contributed by atoms with Crippen LogP contribution in [0, 0.1) is 18.3 Å². The Morgan fingerprint density at radius 1 is 1.10 bits per heavy atom. The maximum absolute atomic E-state index is 12.6. The molecular formula is C22H20N4O2S. The number of benzene rings is 1. The van der Waals surface area contributed by atoms with Gasteiger partial charge in [-0.3, -0.25) is 14.6 Å². The monoisotopic (exact) mass is 404 g/mol. The number of hydrogen-bond acceptors (Lipinski definition) is 5. The molecule has 6 nitrogen and oxygen atoms in total. The molecule has 0 unspecified atom stereocenters. The van der Waals surface area contributed by atoms with Crippen LogP contribution in [0.4, 0.5) is 11.4 Å². The molecule has 3 rings (SSSR count). The Morgan fingerprint density at radius 2 is 1.86 bits per heavy atom. The molecular weight excluding hydrogens is 384 g/mol. The van der Waals surface area contributed by atoms with Gasteiger partial charge in [-0.2, -0.15) is 5.26 Å². The summed E-state index contributed by atoms with van der Waals surface area (Å²) in [5.74, 6) is -0.566. The van der Waals surface area contributed by atoms with Crippen molar-refractivity contribution < 1.29 is 9.59 Å². The number of carbonyl (C=O) groups is 2. The molecule has 0 fully saturated rings. The summed E-state index contributed by atoms with van der Waals surface area (Å²) >= 11 is 1.38. The quantitative estimate of drug-likeness (QED) is 0.641. The van der Waals surface area contributed by atoms with Crippen molar-refractivity contribution in [1.82, 2.24) is 4.98 Å². The fourth-order valence-electron chi connectivity index (χ4n) is 2.62. The molecule has 7 heteroatoms. The lowest BCUT2D eigenvalue weighted by Crippen LogP contribution is -2.16. The average Bonchev–Trinajstić information content (AvgIpc) is 3.21. The third-order valence-electron chi connectivity index (χ3n) is 4.42. The van der Waals surface area contributed by atoms with E-state index in [4.69, 9.17) is 0 Å². The van der Waals surface area contributed by atoms with Crippen LogP contribution in [0.25, 0.3) is 0 Å². The average molecular weight is 404 g/mol. The van der Waals surface area contributed by atoms with Gasteiger partial charge in [0.1, 0.15) is 0 Å². The smallest absolute Gasteiger partial charge is 0.256 e. The van der Waals surface area contributed by atoms with Crippen molar-refractivity contribution in [2.24, 2.45) is 0 Å². The van der Waals surface area contributed by atoms with Gasteiger partial charge in [0.25, 0.3) is 11.8 Å². The summed E-state index contributed by atoms with van der Waals surface area (Å²) in [7, 11) is 0. The minimum absolute atomic E-state index is 0.278. The van der Waals surface area contributed by atoms with Gasteiger partial charge in [-0.1, -0.05) is 6.07 Å². The van der Waals surface area contributed by atoms with E-state index in [0.717, 1.165) is 10.4 Å². The van der Waals surface area contributed by atoms with Crippen molar-refractivity contribution >= 4 is 34.5 Å². The molecule has 29 heavy (non-hydrogen) atoms. The van der Waals surface area contributed by atoms with Crippen LogP contribution in [0.15, 0.2) is 54.2 Å². The summed E-state index contributed by atoms with van der Waals surface area (Å²) < 4.78 is 0. The molecule has 2 aromatic heterocycles. The van der Waals surface area contributed by atoms with Gasteiger partial charge < -0.3 is 10.6 Å². The van der Waals surface area contributed by atoms with Crippen molar-refractivity contribution in [2.75, 3.05) is 10.6 Å². The number of amides is 2. The van der Waals surface area contributed by atoms with Gasteiger partial charge >= 0.3 is 0 Å². The molecule has 0 aliphatic heterocycles. The highest BCUT2D eigenvalue weighted by Gasteiger charge is 2.23. The first-order valence-corrected chi connectivity index (χ1v) is 9.82. The molecule has 0 radical (unpaired) electrons. The first kappa shape index (κ1) is 20.2. The molecule has 2 heterocycles. The highest BCUT2D eigenvalue weighted by molar-refractivity contribution is 7.10. The molecule has 1 aromatic carbocycles. The van der Waals surface area contributed by atoms with Crippen molar-refractivity contribution in [3.63, 3.8) is 0 Å². The number of hydrogen-bond donors (Lipinski definition) is 2. The van der Waals surface area contributed by atoms with Crippen LogP contribution in [0.1, 0.15) is 45.0 Å². The van der Waals surface area contributed by atoms with E-state index < -0.39 is 5.41 Å². The molecule has 2 amide bonds. The molecule has 0 saturated heterocycles. The number of aryl methyl sites for hydroxylation is 1. The van der Waals surface area contributed by atoms with Gasteiger partial charge in [0, 0.05) is 27.7 Å². The lowest BCUT2D eigenvalue weighted by molar-refractivity contribution is 0.101. The molecule has 0 bridgehead atoms. The van der Waals surface area contributed by atoms with Crippen molar-refractivity contribution in [1.29, 1.82) is 5.26 Å². The Morgan fingerprint density at radius 3 is 2.55 bits per heavy atom. The number of pyridine rings is 1. The number of aromatic nitrogens is 1. The number of nitrogens with zero attached hydrogens (tertiary/aromatic N) is 2. The molecule has 0 spiro atoms. The van der Waals surface area contributed by atoms with E-state index in [1.165, 1.54) is 11.3 Å². The molecule has 0 atom stereocenters. The van der Waals surface area contributed by atoms with E-state index in [1.807, 2.05) is 20.8 Å². The Balaban J connectivity index is 1.77. The third kappa shape index (κ3) is 4.68. The van der Waals surface area contributed by atoms with Crippen LogP contribution in [0.3, 0.4) is 0 Å².